The molecule has 148 valence electrons. The number of aliphatic hydroxyl groups is 1. The van der Waals surface area contributed by atoms with Crippen LogP contribution in [0.15, 0.2) is 48.5 Å². The van der Waals surface area contributed by atoms with Crippen LogP contribution in [-0.4, -0.2) is 33.9 Å². The summed E-state index contributed by atoms with van der Waals surface area (Å²) in [5, 5.41) is 23.4. The molecule has 1 aliphatic heterocycles. The molecule has 2 amide bonds. The molecule has 3 atom stereocenters. The first-order valence-electron chi connectivity index (χ1n) is 7.99. The summed E-state index contributed by atoms with van der Waals surface area (Å²) in [7, 11) is 0. The number of ketones is 1. The minimum absolute atomic E-state index is 0.0517. The molecule has 0 radical (unpaired) electrons. The van der Waals surface area contributed by atoms with E-state index < -0.39 is 41.5 Å². The van der Waals surface area contributed by atoms with E-state index in [1.807, 2.05) is 0 Å². The third kappa shape index (κ3) is 3.38. The van der Waals surface area contributed by atoms with E-state index in [2.05, 4.69) is 5.32 Å². The second-order valence-electron chi connectivity index (χ2n) is 6.28. The minimum Gasteiger partial charge on any atom is -0.508 e. The highest BCUT2D eigenvalue weighted by molar-refractivity contribution is 6.00. The summed E-state index contributed by atoms with van der Waals surface area (Å²) in [6, 6.07) is 5.61. The average molecular weight is 398 g/mol. The number of nitrogens with one attached hydrogen (secondary N) is 2. The second kappa shape index (κ2) is 6.79. The predicted molar refractivity (Wildman–Crippen MR) is 87.7 cm³/mol. The third-order valence-corrected chi connectivity index (χ3v) is 4.47. The normalized spacial score (nSPS) is 25.0. The molecule has 1 heterocycles. The molecule has 10 heteroatoms. The Kier molecular flexibility index (Phi) is 4.76. The van der Waals surface area contributed by atoms with Gasteiger partial charge in [-0.3, -0.25) is 4.79 Å². The van der Waals surface area contributed by atoms with Gasteiger partial charge in [-0.1, -0.05) is 12.1 Å². The van der Waals surface area contributed by atoms with E-state index in [0.29, 0.717) is 0 Å². The van der Waals surface area contributed by atoms with Gasteiger partial charge in [-0.15, -0.1) is 0 Å². The van der Waals surface area contributed by atoms with E-state index in [0.717, 1.165) is 36.4 Å². The summed E-state index contributed by atoms with van der Waals surface area (Å²) in [6.07, 6.45) is -5.39. The highest BCUT2D eigenvalue weighted by atomic mass is 19.4. The molecule has 6 nitrogen and oxygen atoms in total. The van der Waals surface area contributed by atoms with Crippen molar-refractivity contribution in [1.82, 2.24) is 10.6 Å². The largest absolute Gasteiger partial charge is 0.508 e. The highest BCUT2D eigenvalue weighted by Crippen LogP contribution is 2.44. The lowest BCUT2D eigenvalue weighted by Gasteiger charge is -2.45. The number of rotatable bonds is 3. The molecular formula is C18H14F4N2O4. The fourth-order valence-electron chi connectivity index (χ4n) is 3.09. The molecule has 0 bridgehead atoms. The quantitative estimate of drug-likeness (QED) is 0.472. The zero-order valence-corrected chi connectivity index (χ0v) is 14.0. The first-order chi connectivity index (χ1) is 13.0. The van der Waals surface area contributed by atoms with Crippen LogP contribution in [0.3, 0.4) is 0 Å². The van der Waals surface area contributed by atoms with Crippen LogP contribution < -0.4 is 10.6 Å². The molecule has 4 N–H and O–H groups in total. The van der Waals surface area contributed by atoms with Crippen LogP contribution in [0, 0.1) is 11.7 Å². The molecule has 2 aromatic carbocycles. The van der Waals surface area contributed by atoms with Crippen LogP contribution in [0.4, 0.5) is 22.4 Å². The zero-order valence-electron chi connectivity index (χ0n) is 14.0. The summed E-state index contributed by atoms with van der Waals surface area (Å²) < 4.78 is 54.2. The number of carbonyl (C=O) groups is 2. The van der Waals surface area contributed by atoms with Gasteiger partial charge in [0.25, 0.3) is 0 Å². The smallest absolute Gasteiger partial charge is 0.437 e. The Hall–Kier alpha value is -3.14. The molecular weight excluding hydrogens is 384 g/mol. The Morgan fingerprint density at radius 2 is 1.61 bits per heavy atom. The number of amides is 2. The van der Waals surface area contributed by atoms with Gasteiger partial charge in [-0.2, -0.15) is 13.2 Å². The number of hydrogen-bond donors (Lipinski definition) is 4. The van der Waals surface area contributed by atoms with Crippen molar-refractivity contribution in [3.05, 3.63) is 65.5 Å². The Labute approximate surface area is 155 Å². The Morgan fingerprint density at radius 3 is 2.14 bits per heavy atom. The standard InChI is InChI=1S/C18H14F4N2O4/c19-11-5-1-10(2-6-11)15(26)13-14(9-3-7-12(25)8-4-9)23-16(27)24-17(13,28)18(20,21)22/h1-8,13-14,25,28H,(H2,23,24,27)/t13-,14+,17-/m1/s1. The maximum atomic E-state index is 13.7. The SMILES string of the molecule is O=C1N[C@@H](c2ccc(O)cc2)[C@H](C(=O)c2ccc(F)cc2)[C@@](O)(C(F)(F)F)N1. The van der Waals surface area contributed by atoms with Gasteiger partial charge in [0, 0.05) is 5.56 Å². The van der Waals surface area contributed by atoms with Crippen LogP contribution in [0.25, 0.3) is 0 Å². The molecule has 1 aliphatic rings. The number of carbonyl (C=O) groups excluding carboxylic acids is 2. The van der Waals surface area contributed by atoms with Crippen molar-refractivity contribution in [3.8, 4) is 5.75 Å². The molecule has 0 aliphatic carbocycles. The molecule has 1 fully saturated rings. The third-order valence-electron chi connectivity index (χ3n) is 4.47. The molecule has 0 aromatic heterocycles. The number of phenolic OH excluding ortho intramolecular Hbond substituents is 1. The van der Waals surface area contributed by atoms with Gasteiger partial charge < -0.3 is 20.8 Å². The maximum Gasteiger partial charge on any atom is 0.437 e. The number of Topliss-reactive ketones (excluding diaryl/α,β-unsaturated/α-hetero) is 1. The molecule has 0 spiro atoms. The average Bonchev–Trinajstić information content (AvgIpc) is 2.61. The number of benzene rings is 2. The lowest BCUT2D eigenvalue weighted by Crippen LogP contribution is -2.72. The number of urea groups is 1. The number of alkyl halides is 3. The highest BCUT2D eigenvalue weighted by Gasteiger charge is 2.66. The predicted octanol–water partition coefficient (Wildman–Crippen LogP) is 2.64. The van der Waals surface area contributed by atoms with Crippen molar-refractivity contribution < 1.29 is 37.4 Å². The van der Waals surface area contributed by atoms with Crippen LogP contribution in [0.5, 0.6) is 5.75 Å². The molecule has 2 aromatic rings. The molecule has 0 saturated carbocycles. The van der Waals surface area contributed by atoms with E-state index in [-0.39, 0.29) is 16.9 Å². The molecule has 1 saturated heterocycles. The topological polar surface area (TPSA) is 98.7 Å². The van der Waals surface area contributed by atoms with Crippen molar-refractivity contribution >= 4 is 11.8 Å². The van der Waals surface area contributed by atoms with Crippen molar-refractivity contribution in [3.63, 3.8) is 0 Å². The van der Waals surface area contributed by atoms with Crippen LogP contribution in [0.1, 0.15) is 22.0 Å². The van der Waals surface area contributed by atoms with Gasteiger partial charge in [0.1, 0.15) is 17.5 Å². The molecule has 3 rings (SSSR count). The Bertz CT molecular complexity index is 899. The fraction of sp³-hybridized carbons (Fsp3) is 0.222. The van der Waals surface area contributed by atoms with Gasteiger partial charge in [0.05, 0.1) is 6.04 Å². The van der Waals surface area contributed by atoms with Crippen molar-refractivity contribution in [2.75, 3.05) is 0 Å². The number of phenols is 1. The van der Waals surface area contributed by atoms with Crippen LogP contribution >= 0.6 is 0 Å². The second-order valence-corrected chi connectivity index (χ2v) is 6.28. The lowest BCUT2D eigenvalue weighted by atomic mass is 9.77. The van der Waals surface area contributed by atoms with Gasteiger partial charge >= 0.3 is 12.2 Å². The van der Waals surface area contributed by atoms with Gasteiger partial charge in [-0.05, 0) is 42.0 Å². The van der Waals surface area contributed by atoms with E-state index in [1.165, 1.54) is 17.4 Å². The van der Waals surface area contributed by atoms with Crippen LogP contribution in [0.2, 0.25) is 0 Å². The summed E-state index contributed by atoms with van der Waals surface area (Å²) in [5.41, 5.74) is -4.10. The van der Waals surface area contributed by atoms with Gasteiger partial charge in [0.15, 0.2) is 5.78 Å². The minimum atomic E-state index is -5.39. The Morgan fingerprint density at radius 1 is 1.04 bits per heavy atom. The number of aromatic hydroxyl groups is 1. The van der Waals surface area contributed by atoms with E-state index in [1.54, 1.807) is 0 Å². The fourth-order valence-corrected chi connectivity index (χ4v) is 3.09. The summed E-state index contributed by atoms with van der Waals surface area (Å²) in [6.45, 7) is 0. The first kappa shape index (κ1) is 19.6. The molecule has 0 unspecified atom stereocenters. The first-order valence-corrected chi connectivity index (χ1v) is 7.99. The van der Waals surface area contributed by atoms with Crippen molar-refractivity contribution in [2.24, 2.45) is 5.92 Å². The monoisotopic (exact) mass is 398 g/mol. The van der Waals surface area contributed by atoms with Crippen molar-refractivity contribution in [2.45, 2.75) is 17.9 Å². The molecule has 28 heavy (non-hydrogen) atoms. The van der Waals surface area contributed by atoms with E-state index in [9.17, 15) is 37.4 Å². The van der Waals surface area contributed by atoms with Crippen molar-refractivity contribution in [1.29, 1.82) is 0 Å². The van der Waals surface area contributed by atoms with E-state index >= 15 is 0 Å². The van der Waals surface area contributed by atoms with E-state index in [4.69, 9.17) is 0 Å². The number of hydrogen-bond acceptors (Lipinski definition) is 4. The Balaban J connectivity index is 2.15. The zero-order chi connectivity index (χ0) is 20.7. The lowest BCUT2D eigenvalue weighted by molar-refractivity contribution is -0.287. The summed E-state index contributed by atoms with van der Waals surface area (Å²) >= 11 is 0. The maximum absolute atomic E-state index is 13.7. The summed E-state index contributed by atoms with van der Waals surface area (Å²) in [5.74, 6) is -4.27. The number of halogens is 4. The van der Waals surface area contributed by atoms with Crippen LogP contribution in [-0.2, 0) is 0 Å². The van der Waals surface area contributed by atoms with Gasteiger partial charge in [-0.25, -0.2) is 9.18 Å². The van der Waals surface area contributed by atoms with Gasteiger partial charge in [0.2, 0.25) is 5.72 Å². The summed E-state index contributed by atoms with van der Waals surface area (Å²) in [4.78, 5) is 24.7.